The summed E-state index contributed by atoms with van der Waals surface area (Å²) in [6.45, 7) is 1.10. The van der Waals surface area contributed by atoms with E-state index in [-0.39, 0.29) is 11.5 Å². The van der Waals surface area contributed by atoms with Gasteiger partial charge in [-0.05, 0) is 42.3 Å². The number of benzene rings is 2. The summed E-state index contributed by atoms with van der Waals surface area (Å²) in [4.78, 5) is 33.5. The minimum atomic E-state index is -0.732. The Hall–Kier alpha value is -3.55. The Morgan fingerprint density at radius 2 is 1.92 bits per heavy atom. The van der Waals surface area contributed by atoms with E-state index in [4.69, 9.17) is 4.74 Å². The highest BCUT2D eigenvalue weighted by molar-refractivity contribution is 5.95. The molecule has 7 nitrogen and oxygen atoms in total. The Kier molecular flexibility index (Phi) is 6.15. The van der Waals surface area contributed by atoms with E-state index < -0.39 is 23.4 Å². The number of rotatable bonds is 6. The number of hydrogen-bond donors (Lipinski definition) is 1. The Morgan fingerprint density at radius 1 is 1.23 bits per heavy atom. The lowest BCUT2D eigenvalue weighted by Gasteiger charge is -2.08. The third kappa shape index (κ3) is 5.52. The number of nitrogens with one attached hydrogen (secondary N) is 1. The second-order valence-corrected chi connectivity index (χ2v) is 5.30. The molecule has 8 heteroatoms. The summed E-state index contributed by atoms with van der Waals surface area (Å²) in [7, 11) is 0. The fourth-order valence-electron chi connectivity index (χ4n) is 2.01. The average molecular weight is 358 g/mol. The summed E-state index contributed by atoms with van der Waals surface area (Å²) in [6, 6.07) is 9.48. The van der Waals surface area contributed by atoms with Crippen molar-refractivity contribution >= 4 is 29.3 Å². The highest BCUT2D eigenvalue weighted by Gasteiger charge is 2.11. The normalized spacial score (nSPS) is 10.5. The number of hydrogen-bond acceptors (Lipinski definition) is 5. The first-order chi connectivity index (χ1) is 12.3. The molecule has 0 bridgehead atoms. The maximum absolute atomic E-state index is 12.8. The van der Waals surface area contributed by atoms with E-state index in [1.54, 1.807) is 6.92 Å². The Balaban J connectivity index is 1.85. The van der Waals surface area contributed by atoms with Gasteiger partial charge in [0.05, 0.1) is 4.92 Å². The van der Waals surface area contributed by atoms with E-state index in [0.717, 1.165) is 6.08 Å². The zero-order valence-electron chi connectivity index (χ0n) is 13.8. The van der Waals surface area contributed by atoms with Crippen molar-refractivity contribution in [3.63, 3.8) is 0 Å². The molecule has 1 N–H and O–H groups in total. The molecule has 0 spiro atoms. The summed E-state index contributed by atoms with van der Waals surface area (Å²) in [5, 5.41) is 13.2. The summed E-state index contributed by atoms with van der Waals surface area (Å²) >= 11 is 0. The van der Waals surface area contributed by atoms with E-state index in [0.29, 0.717) is 16.8 Å². The van der Waals surface area contributed by atoms with E-state index in [2.05, 4.69) is 5.32 Å². The van der Waals surface area contributed by atoms with E-state index in [1.807, 2.05) is 0 Å². The summed E-state index contributed by atoms with van der Waals surface area (Å²) in [5.41, 5.74) is 1.42. The zero-order valence-corrected chi connectivity index (χ0v) is 13.8. The van der Waals surface area contributed by atoms with Gasteiger partial charge in [-0.2, -0.15) is 0 Å². The third-order valence-corrected chi connectivity index (χ3v) is 3.32. The van der Waals surface area contributed by atoms with E-state index in [1.165, 1.54) is 48.5 Å². The van der Waals surface area contributed by atoms with Gasteiger partial charge in [-0.3, -0.25) is 14.9 Å². The summed E-state index contributed by atoms with van der Waals surface area (Å²) in [5.74, 6) is -1.70. The zero-order chi connectivity index (χ0) is 19.1. The van der Waals surface area contributed by atoms with Crippen molar-refractivity contribution in [2.45, 2.75) is 6.92 Å². The Labute approximate surface area is 148 Å². The number of halogens is 1. The first-order valence-corrected chi connectivity index (χ1v) is 7.50. The van der Waals surface area contributed by atoms with Crippen LogP contribution in [0.15, 0.2) is 48.5 Å². The molecular weight excluding hydrogens is 343 g/mol. The number of aryl methyl sites for hydroxylation is 1. The second-order valence-electron chi connectivity index (χ2n) is 5.30. The number of nitrogens with zero attached hydrogens (tertiary/aromatic N) is 1. The van der Waals surface area contributed by atoms with Crippen LogP contribution in [0.4, 0.5) is 15.8 Å². The molecule has 0 radical (unpaired) electrons. The van der Waals surface area contributed by atoms with Gasteiger partial charge in [0.1, 0.15) is 5.82 Å². The number of nitro benzene ring substituents is 1. The van der Waals surface area contributed by atoms with Crippen LogP contribution in [0.2, 0.25) is 0 Å². The molecule has 134 valence electrons. The molecule has 0 heterocycles. The molecule has 0 saturated heterocycles. The smallest absolute Gasteiger partial charge is 0.331 e. The van der Waals surface area contributed by atoms with E-state index in [9.17, 15) is 24.1 Å². The molecule has 0 atom stereocenters. The summed E-state index contributed by atoms with van der Waals surface area (Å²) < 4.78 is 17.6. The third-order valence-electron chi connectivity index (χ3n) is 3.32. The monoisotopic (exact) mass is 358 g/mol. The quantitative estimate of drug-likeness (QED) is 0.370. The largest absolute Gasteiger partial charge is 0.452 e. The fourth-order valence-corrected chi connectivity index (χ4v) is 2.01. The second kappa shape index (κ2) is 8.52. The molecule has 0 aliphatic heterocycles. The molecule has 0 unspecified atom stereocenters. The minimum Gasteiger partial charge on any atom is -0.452 e. The van der Waals surface area contributed by atoms with Gasteiger partial charge in [-0.15, -0.1) is 0 Å². The lowest BCUT2D eigenvalue weighted by molar-refractivity contribution is -0.384. The van der Waals surface area contributed by atoms with Crippen LogP contribution in [-0.2, 0) is 14.3 Å². The Bertz CT molecular complexity index is 862. The van der Waals surface area contributed by atoms with Gasteiger partial charge in [0, 0.05) is 23.9 Å². The van der Waals surface area contributed by atoms with Crippen molar-refractivity contribution in [2.75, 3.05) is 11.9 Å². The molecule has 0 aliphatic rings. The summed E-state index contributed by atoms with van der Waals surface area (Å²) in [6.07, 6.45) is 2.55. The number of carbonyl (C=O) groups excluding carboxylic acids is 2. The van der Waals surface area contributed by atoms with Gasteiger partial charge in [0.15, 0.2) is 6.61 Å². The van der Waals surface area contributed by atoms with Crippen molar-refractivity contribution in [1.82, 2.24) is 0 Å². The highest BCUT2D eigenvalue weighted by atomic mass is 19.1. The van der Waals surface area contributed by atoms with Crippen LogP contribution >= 0.6 is 0 Å². The molecule has 0 aromatic heterocycles. The number of non-ortho nitro benzene ring substituents is 1. The van der Waals surface area contributed by atoms with Crippen molar-refractivity contribution in [3.8, 4) is 0 Å². The maximum atomic E-state index is 12.8. The average Bonchev–Trinajstić information content (AvgIpc) is 2.61. The van der Waals surface area contributed by atoms with Gasteiger partial charge >= 0.3 is 5.97 Å². The Morgan fingerprint density at radius 3 is 2.54 bits per heavy atom. The number of carbonyl (C=O) groups is 2. The molecule has 0 aliphatic carbocycles. The fraction of sp³-hybridized carbons (Fsp3) is 0.111. The molecular formula is C18H15FN2O5. The van der Waals surface area contributed by atoms with Crippen LogP contribution < -0.4 is 5.32 Å². The molecule has 2 aromatic rings. The van der Waals surface area contributed by atoms with Crippen LogP contribution in [-0.4, -0.2) is 23.4 Å². The number of esters is 1. The van der Waals surface area contributed by atoms with Crippen molar-refractivity contribution in [3.05, 3.63) is 75.6 Å². The van der Waals surface area contributed by atoms with Crippen molar-refractivity contribution < 1.29 is 23.6 Å². The number of ether oxygens (including phenoxy) is 1. The molecule has 1 amide bonds. The van der Waals surface area contributed by atoms with Crippen LogP contribution in [0.25, 0.3) is 6.08 Å². The predicted molar refractivity (Wildman–Crippen MR) is 92.9 cm³/mol. The molecule has 0 saturated carbocycles. The standard InChI is InChI=1S/C18H15FN2O5/c1-12-10-15(21(24)25)7-8-16(12)20-17(22)11-26-18(23)9-4-13-2-5-14(19)6-3-13/h2-10H,11H2,1H3,(H,20,22)/b9-4+. The number of anilines is 1. The SMILES string of the molecule is Cc1cc([N+](=O)[O-])ccc1NC(=O)COC(=O)/C=C/c1ccc(F)cc1. The molecule has 2 rings (SSSR count). The van der Waals surface area contributed by atoms with Crippen LogP contribution in [0.5, 0.6) is 0 Å². The van der Waals surface area contributed by atoms with Gasteiger partial charge in [0.25, 0.3) is 11.6 Å². The van der Waals surface area contributed by atoms with Gasteiger partial charge in [0.2, 0.25) is 0 Å². The predicted octanol–water partition coefficient (Wildman–Crippen LogP) is 3.24. The first-order valence-electron chi connectivity index (χ1n) is 7.50. The highest BCUT2D eigenvalue weighted by Crippen LogP contribution is 2.21. The topological polar surface area (TPSA) is 98.5 Å². The maximum Gasteiger partial charge on any atom is 0.331 e. The number of amides is 1. The van der Waals surface area contributed by atoms with Gasteiger partial charge in [-0.1, -0.05) is 12.1 Å². The van der Waals surface area contributed by atoms with Crippen molar-refractivity contribution in [1.29, 1.82) is 0 Å². The molecule has 26 heavy (non-hydrogen) atoms. The minimum absolute atomic E-state index is 0.0853. The van der Waals surface area contributed by atoms with E-state index >= 15 is 0 Å². The van der Waals surface area contributed by atoms with Crippen molar-refractivity contribution in [2.24, 2.45) is 0 Å². The van der Waals surface area contributed by atoms with Crippen LogP contribution in [0.1, 0.15) is 11.1 Å². The van der Waals surface area contributed by atoms with Crippen LogP contribution in [0, 0.1) is 22.9 Å². The van der Waals surface area contributed by atoms with Gasteiger partial charge < -0.3 is 10.1 Å². The molecule has 0 fully saturated rings. The number of nitro groups is 1. The first kappa shape index (κ1) is 18.8. The lowest BCUT2D eigenvalue weighted by Crippen LogP contribution is -2.20. The lowest BCUT2D eigenvalue weighted by atomic mass is 10.2. The molecule has 2 aromatic carbocycles. The van der Waals surface area contributed by atoms with Gasteiger partial charge in [-0.25, -0.2) is 9.18 Å². The van der Waals surface area contributed by atoms with Crippen LogP contribution in [0.3, 0.4) is 0 Å².